The minimum Gasteiger partial charge on any atom is -0.444 e. The molecule has 136 valence electrons. The van der Waals surface area contributed by atoms with Crippen LogP contribution in [0.5, 0.6) is 0 Å². The van der Waals surface area contributed by atoms with Crippen LogP contribution >= 0.6 is 34.5 Å². The van der Waals surface area contributed by atoms with E-state index in [2.05, 4.69) is 4.98 Å². The molecule has 2 rings (SSSR count). The topological polar surface area (TPSA) is 71.9 Å². The first kappa shape index (κ1) is 19.7. The van der Waals surface area contributed by atoms with Crippen LogP contribution < -0.4 is 0 Å². The predicted octanol–water partition coefficient (Wildman–Crippen LogP) is 4.25. The normalized spacial score (nSPS) is 21.8. The van der Waals surface area contributed by atoms with Gasteiger partial charge in [0.15, 0.2) is 4.47 Å². The molecule has 6 nitrogen and oxygen atoms in total. The van der Waals surface area contributed by atoms with Gasteiger partial charge in [-0.1, -0.05) is 23.2 Å². The van der Waals surface area contributed by atoms with Gasteiger partial charge in [-0.25, -0.2) is 9.78 Å². The first-order valence-corrected chi connectivity index (χ1v) is 9.14. The molecule has 0 unspecified atom stereocenters. The lowest BCUT2D eigenvalue weighted by atomic mass is 10.1. The van der Waals surface area contributed by atoms with Crippen molar-refractivity contribution in [1.82, 2.24) is 9.88 Å². The van der Waals surface area contributed by atoms with Crippen molar-refractivity contribution in [3.05, 3.63) is 14.5 Å². The number of aliphatic hydroxyl groups excluding tert-OH is 1. The molecule has 1 aromatic heterocycles. The molecule has 0 aliphatic carbocycles. The monoisotopic (exact) mass is 396 g/mol. The summed E-state index contributed by atoms with van der Waals surface area (Å²) in [4.78, 5) is 18.5. The van der Waals surface area contributed by atoms with Gasteiger partial charge in [0.25, 0.3) is 0 Å². The molecule has 1 aliphatic rings. The summed E-state index contributed by atoms with van der Waals surface area (Å²) >= 11 is 12.9. The zero-order valence-electron chi connectivity index (χ0n) is 14.3. The molecule has 0 spiro atoms. The van der Waals surface area contributed by atoms with Crippen molar-refractivity contribution in [2.75, 3.05) is 6.61 Å². The van der Waals surface area contributed by atoms with Gasteiger partial charge in [-0.3, -0.25) is 4.90 Å². The number of thiazole rings is 1. The van der Waals surface area contributed by atoms with Gasteiger partial charge in [0, 0.05) is 6.42 Å². The Hall–Kier alpha value is -0.600. The summed E-state index contributed by atoms with van der Waals surface area (Å²) in [6, 6.07) is -0.346. The number of nitrogens with zero attached hydrogens (tertiary/aromatic N) is 2. The third kappa shape index (κ3) is 4.52. The highest BCUT2D eigenvalue weighted by Gasteiger charge is 2.46. The first-order chi connectivity index (χ1) is 10.9. The second-order valence-corrected chi connectivity index (χ2v) is 9.11. The van der Waals surface area contributed by atoms with E-state index in [1.54, 1.807) is 34.6 Å². The second kappa shape index (κ2) is 6.96. The Morgan fingerprint density at radius 1 is 1.54 bits per heavy atom. The van der Waals surface area contributed by atoms with Crippen molar-refractivity contribution < 1.29 is 19.4 Å². The van der Waals surface area contributed by atoms with Gasteiger partial charge in [0.2, 0.25) is 0 Å². The van der Waals surface area contributed by atoms with E-state index < -0.39 is 23.5 Å². The molecule has 0 saturated carbocycles. The maximum absolute atomic E-state index is 12.6. The molecule has 0 bridgehead atoms. The smallest absolute Gasteiger partial charge is 0.412 e. The van der Waals surface area contributed by atoms with E-state index in [1.807, 2.05) is 0 Å². The molecule has 1 N–H and O–H groups in total. The van der Waals surface area contributed by atoms with Crippen molar-refractivity contribution in [1.29, 1.82) is 0 Å². The Labute approximate surface area is 155 Å². The molecule has 1 amide bonds. The highest BCUT2D eigenvalue weighted by atomic mass is 35.5. The van der Waals surface area contributed by atoms with E-state index in [-0.39, 0.29) is 22.1 Å². The van der Waals surface area contributed by atoms with Gasteiger partial charge >= 0.3 is 6.09 Å². The van der Waals surface area contributed by atoms with Gasteiger partial charge in [-0.05, 0) is 34.6 Å². The van der Waals surface area contributed by atoms with Crippen LogP contribution in [0.15, 0.2) is 0 Å². The maximum Gasteiger partial charge on any atom is 0.412 e. The number of halogens is 2. The summed E-state index contributed by atoms with van der Waals surface area (Å²) in [5.74, 6) is 0. The number of aliphatic hydroxyl groups is 1. The molecular formula is C15H22Cl2N2O4S. The molecule has 1 aromatic rings. The van der Waals surface area contributed by atoms with E-state index in [0.717, 1.165) is 11.3 Å². The Bertz CT molecular complexity index is 615. The van der Waals surface area contributed by atoms with Crippen molar-refractivity contribution in [2.45, 2.75) is 64.5 Å². The molecule has 24 heavy (non-hydrogen) atoms. The molecule has 1 aliphatic heterocycles. The number of hydrogen-bond donors (Lipinski definition) is 1. The minimum absolute atomic E-state index is 0.180. The lowest BCUT2D eigenvalue weighted by Gasteiger charge is -2.35. The first-order valence-electron chi connectivity index (χ1n) is 7.57. The average molecular weight is 397 g/mol. The SMILES string of the molecule is CC(C)(C)OC(=O)N1[C@@H](C[C@@H](O)c2sc(Cl)nc2Cl)COC1(C)C. The Morgan fingerprint density at radius 3 is 2.67 bits per heavy atom. The fourth-order valence-corrected chi connectivity index (χ4v) is 4.03. The number of carbonyl (C=O) groups excluding carboxylic acids is 1. The highest BCUT2D eigenvalue weighted by molar-refractivity contribution is 7.16. The van der Waals surface area contributed by atoms with Gasteiger partial charge < -0.3 is 14.6 Å². The standard InChI is InChI=1S/C15H22Cl2N2O4S/c1-14(2,3)23-13(21)19-8(7-22-15(19,4)5)6-9(20)10-11(16)18-12(17)24-10/h8-9,20H,6-7H2,1-5H3/t8-,9+/m0/s1. The number of amides is 1. The van der Waals surface area contributed by atoms with E-state index in [1.165, 1.54) is 4.90 Å². The van der Waals surface area contributed by atoms with Crippen molar-refractivity contribution >= 4 is 40.6 Å². The van der Waals surface area contributed by atoms with Crippen LogP contribution in [0.4, 0.5) is 4.79 Å². The number of carbonyl (C=O) groups is 1. The van der Waals surface area contributed by atoms with Crippen LogP contribution in [-0.2, 0) is 9.47 Å². The number of aromatic nitrogens is 1. The molecule has 1 fully saturated rings. The van der Waals surface area contributed by atoms with Crippen LogP contribution in [0.2, 0.25) is 9.62 Å². The largest absolute Gasteiger partial charge is 0.444 e. The highest BCUT2D eigenvalue weighted by Crippen LogP contribution is 2.38. The molecule has 2 heterocycles. The Balaban J connectivity index is 2.16. The van der Waals surface area contributed by atoms with Gasteiger partial charge in [-0.15, -0.1) is 11.3 Å². The average Bonchev–Trinajstić information content (AvgIpc) is 2.86. The summed E-state index contributed by atoms with van der Waals surface area (Å²) in [6.07, 6.45) is -1.12. The summed E-state index contributed by atoms with van der Waals surface area (Å²) < 4.78 is 11.5. The summed E-state index contributed by atoms with van der Waals surface area (Å²) in [7, 11) is 0. The molecule has 0 aromatic carbocycles. The molecule has 0 radical (unpaired) electrons. The van der Waals surface area contributed by atoms with E-state index in [9.17, 15) is 9.90 Å². The van der Waals surface area contributed by atoms with Crippen LogP contribution in [0, 0.1) is 0 Å². The number of hydrogen-bond acceptors (Lipinski definition) is 6. The third-order valence-corrected chi connectivity index (χ3v) is 5.21. The van der Waals surface area contributed by atoms with Crippen LogP contribution in [0.25, 0.3) is 0 Å². The molecule has 9 heteroatoms. The Morgan fingerprint density at radius 2 is 2.17 bits per heavy atom. The Kier molecular flexibility index (Phi) is 5.72. The summed E-state index contributed by atoms with van der Waals surface area (Å²) in [6.45, 7) is 9.29. The van der Waals surface area contributed by atoms with Gasteiger partial charge in [-0.2, -0.15) is 0 Å². The number of ether oxygens (including phenoxy) is 2. The van der Waals surface area contributed by atoms with Crippen LogP contribution in [-0.4, -0.2) is 45.1 Å². The lowest BCUT2D eigenvalue weighted by molar-refractivity contribution is -0.0637. The molecule has 1 saturated heterocycles. The van der Waals surface area contributed by atoms with Crippen molar-refractivity contribution in [2.24, 2.45) is 0 Å². The quantitative estimate of drug-likeness (QED) is 0.826. The third-order valence-electron chi connectivity index (χ3n) is 3.55. The maximum atomic E-state index is 12.6. The fraction of sp³-hybridized carbons (Fsp3) is 0.733. The lowest BCUT2D eigenvalue weighted by Crippen LogP contribution is -2.50. The predicted molar refractivity (Wildman–Crippen MR) is 93.6 cm³/mol. The van der Waals surface area contributed by atoms with Crippen molar-refractivity contribution in [3.8, 4) is 0 Å². The fourth-order valence-electron chi connectivity index (χ4n) is 2.60. The summed E-state index contributed by atoms with van der Waals surface area (Å²) in [5.41, 5.74) is -1.44. The molecule has 2 atom stereocenters. The zero-order chi connectivity index (χ0) is 18.3. The van der Waals surface area contributed by atoms with E-state index in [4.69, 9.17) is 32.7 Å². The van der Waals surface area contributed by atoms with Crippen LogP contribution in [0.3, 0.4) is 0 Å². The molecular weight excluding hydrogens is 375 g/mol. The summed E-state index contributed by atoms with van der Waals surface area (Å²) in [5, 5.41) is 10.7. The van der Waals surface area contributed by atoms with E-state index in [0.29, 0.717) is 11.5 Å². The van der Waals surface area contributed by atoms with E-state index >= 15 is 0 Å². The minimum atomic E-state index is -0.894. The van der Waals surface area contributed by atoms with Crippen molar-refractivity contribution in [3.63, 3.8) is 0 Å². The van der Waals surface area contributed by atoms with Gasteiger partial charge in [0.05, 0.1) is 23.6 Å². The van der Waals surface area contributed by atoms with Crippen LogP contribution in [0.1, 0.15) is 52.0 Å². The van der Waals surface area contributed by atoms with Gasteiger partial charge in [0.1, 0.15) is 16.5 Å². The zero-order valence-corrected chi connectivity index (χ0v) is 16.6. The number of rotatable bonds is 3. The second-order valence-electron chi connectivity index (χ2n) is 7.14.